The summed E-state index contributed by atoms with van der Waals surface area (Å²) in [6.45, 7) is 21.0. The number of hydrogen-bond donors (Lipinski definition) is 0. The van der Waals surface area contributed by atoms with Crippen LogP contribution in [-0.2, 0) is 0 Å². The molecule has 0 heterocycles. The second-order valence-electron chi connectivity index (χ2n) is 7.52. The molecule has 0 rings (SSSR count). The van der Waals surface area contributed by atoms with Crippen LogP contribution in [0.5, 0.6) is 0 Å². The zero-order valence-electron chi connectivity index (χ0n) is 12.3. The maximum absolute atomic E-state index is 2.38. The van der Waals surface area contributed by atoms with Crippen molar-refractivity contribution in [2.24, 2.45) is 0 Å². The highest BCUT2D eigenvalue weighted by molar-refractivity contribution is 4.80. The van der Waals surface area contributed by atoms with Gasteiger partial charge in [-0.3, -0.25) is 0 Å². The molecule has 0 fully saturated rings. The first kappa shape index (κ1) is 17.6. The summed E-state index contributed by atoms with van der Waals surface area (Å²) >= 11 is 0. The van der Waals surface area contributed by atoms with Gasteiger partial charge in [0.05, 0.1) is 23.7 Å². The minimum atomic E-state index is 0. The molecule has 0 saturated carbocycles. The van der Waals surface area contributed by atoms with Gasteiger partial charge in [0.25, 0.3) is 0 Å². The van der Waals surface area contributed by atoms with E-state index < -0.39 is 0 Å². The molecular formula is C13H30ClN. The minimum Gasteiger partial charge on any atom is -1.00 e. The summed E-state index contributed by atoms with van der Waals surface area (Å²) in [5.74, 6) is 0. The summed E-state index contributed by atoms with van der Waals surface area (Å²) in [5.41, 5.74) is 0.781. The van der Waals surface area contributed by atoms with Gasteiger partial charge in [-0.05, 0) is 62.3 Å². The third-order valence-electron chi connectivity index (χ3n) is 4.02. The van der Waals surface area contributed by atoms with Gasteiger partial charge in [0.15, 0.2) is 0 Å². The van der Waals surface area contributed by atoms with Crippen LogP contribution < -0.4 is 12.4 Å². The van der Waals surface area contributed by atoms with Crippen LogP contribution in [0, 0.1) is 0 Å². The second kappa shape index (κ2) is 4.25. The second-order valence-corrected chi connectivity index (χ2v) is 7.52. The van der Waals surface area contributed by atoms with Crippen LogP contribution in [0.4, 0.5) is 0 Å². The van der Waals surface area contributed by atoms with Crippen molar-refractivity contribution in [1.29, 1.82) is 0 Å². The summed E-state index contributed by atoms with van der Waals surface area (Å²) in [6.07, 6.45) is 0. The van der Waals surface area contributed by atoms with E-state index in [9.17, 15) is 0 Å². The molecule has 0 N–H and O–H groups in total. The molecule has 0 spiro atoms. The van der Waals surface area contributed by atoms with Crippen molar-refractivity contribution < 1.29 is 16.9 Å². The third-order valence-corrected chi connectivity index (χ3v) is 4.02. The van der Waals surface area contributed by atoms with Crippen molar-refractivity contribution in [2.75, 3.05) is 7.05 Å². The predicted molar refractivity (Wildman–Crippen MR) is 65.4 cm³/mol. The molecule has 0 saturated heterocycles. The first-order chi connectivity index (χ1) is 5.75. The van der Waals surface area contributed by atoms with Gasteiger partial charge in [-0.1, -0.05) is 0 Å². The highest BCUT2D eigenvalue weighted by atomic mass is 35.5. The Kier molecular flexibility index (Phi) is 5.00. The predicted octanol–water partition coefficient (Wildman–Crippen LogP) is 0.833. The molecule has 2 heteroatoms. The quantitative estimate of drug-likeness (QED) is 0.546. The van der Waals surface area contributed by atoms with Crippen molar-refractivity contribution in [2.45, 2.75) is 78.9 Å². The molecule has 0 aliphatic rings. The zero-order chi connectivity index (χ0) is 12.0. The van der Waals surface area contributed by atoms with Gasteiger partial charge in [-0.15, -0.1) is 0 Å². The van der Waals surface area contributed by atoms with Crippen molar-refractivity contribution in [1.82, 2.24) is 0 Å². The Bertz CT molecular complexity index is 164. The summed E-state index contributed by atoms with van der Waals surface area (Å²) in [6, 6.07) is 0. The molecular weight excluding hydrogens is 206 g/mol. The minimum absolute atomic E-state index is 0. The lowest BCUT2D eigenvalue weighted by Crippen LogP contribution is -3.00. The third kappa shape index (κ3) is 2.88. The zero-order valence-corrected chi connectivity index (χ0v) is 13.1. The standard InChI is InChI=1S/C13H30N.ClH/c1-11(2,3)14(10,12(4,5)6)13(7,8)9;/h1-10H3;1H/q+1;/p-1. The van der Waals surface area contributed by atoms with E-state index in [0.29, 0.717) is 0 Å². The van der Waals surface area contributed by atoms with Crippen LogP contribution >= 0.6 is 0 Å². The summed E-state index contributed by atoms with van der Waals surface area (Å²) in [7, 11) is 2.38. The fourth-order valence-corrected chi connectivity index (χ4v) is 3.02. The van der Waals surface area contributed by atoms with Gasteiger partial charge < -0.3 is 16.9 Å². The fraction of sp³-hybridized carbons (Fsp3) is 1.00. The van der Waals surface area contributed by atoms with Crippen LogP contribution in [0.15, 0.2) is 0 Å². The Labute approximate surface area is 103 Å². The molecule has 15 heavy (non-hydrogen) atoms. The average Bonchev–Trinajstić information content (AvgIpc) is 1.77. The fourth-order valence-electron chi connectivity index (χ4n) is 3.02. The Balaban J connectivity index is 0. The Hall–Kier alpha value is 0.250. The number of quaternary nitrogens is 1. The highest BCUT2D eigenvalue weighted by Crippen LogP contribution is 2.41. The van der Waals surface area contributed by atoms with Crippen molar-refractivity contribution in [3.63, 3.8) is 0 Å². The van der Waals surface area contributed by atoms with Crippen molar-refractivity contribution in [3.8, 4) is 0 Å². The van der Waals surface area contributed by atoms with E-state index in [-0.39, 0.29) is 29.0 Å². The van der Waals surface area contributed by atoms with E-state index in [1.54, 1.807) is 0 Å². The number of rotatable bonds is 0. The molecule has 0 unspecified atom stereocenters. The van der Waals surface area contributed by atoms with Crippen molar-refractivity contribution in [3.05, 3.63) is 0 Å². The lowest BCUT2D eigenvalue weighted by molar-refractivity contribution is -1.03. The Morgan fingerprint density at radius 3 is 0.667 bits per heavy atom. The number of hydrogen-bond acceptors (Lipinski definition) is 0. The van der Waals surface area contributed by atoms with Crippen LogP contribution in [0.2, 0.25) is 0 Å². The van der Waals surface area contributed by atoms with Gasteiger partial charge in [0.1, 0.15) is 0 Å². The van der Waals surface area contributed by atoms with E-state index in [1.807, 2.05) is 0 Å². The van der Waals surface area contributed by atoms with Gasteiger partial charge in [0, 0.05) is 0 Å². The van der Waals surface area contributed by atoms with E-state index in [1.165, 1.54) is 0 Å². The van der Waals surface area contributed by atoms with Crippen LogP contribution in [0.25, 0.3) is 0 Å². The monoisotopic (exact) mass is 235 g/mol. The average molecular weight is 236 g/mol. The molecule has 0 atom stereocenters. The molecule has 1 nitrogen and oxygen atoms in total. The SMILES string of the molecule is CC(C)(C)[N+](C)(C(C)(C)C)C(C)(C)C.[Cl-]. The maximum atomic E-state index is 2.38. The maximum Gasteiger partial charge on any atom is 0.0912 e. The Morgan fingerprint density at radius 2 is 0.667 bits per heavy atom. The van der Waals surface area contributed by atoms with Crippen molar-refractivity contribution >= 4 is 0 Å². The smallest absolute Gasteiger partial charge is 0.0912 e. The lowest BCUT2D eigenvalue weighted by Gasteiger charge is -2.61. The van der Waals surface area contributed by atoms with E-state index in [0.717, 1.165) is 4.48 Å². The molecule has 0 aromatic heterocycles. The first-order valence-electron chi connectivity index (χ1n) is 5.62. The van der Waals surface area contributed by atoms with Gasteiger partial charge in [0.2, 0.25) is 0 Å². The van der Waals surface area contributed by atoms with E-state index in [4.69, 9.17) is 0 Å². The van der Waals surface area contributed by atoms with Crippen LogP contribution in [0.3, 0.4) is 0 Å². The number of halogens is 1. The topological polar surface area (TPSA) is 0 Å². The van der Waals surface area contributed by atoms with E-state index >= 15 is 0 Å². The van der Waals surface area contributed by atoms with E-state index in [2.05, 4.69) is 69.4 Å². The highest BCUT2D eigenvalue weighted by Gasteiger charge is 2.52. The molecule has 0 aromatic carbocycles. The molecule has 0 aliphatic heterocycles. The summed E-state index contributed by atoms with van der Waals surface area (Å²) in [4.78, 5) is 0. The summed E-state index contributed by atoms with van der Waals surface area (Å²) in [5, 5.41) is 0. The van der Waals surface area contributed by atoms with Gasteiger partial charge in [-0.2, -0.15) is 0 Å². The number of nitrogens with zero attached hydrogens (tertiary/aromatic N) is 1. The van der Waals surface area contributed by atoms with Gasteiger partial charge >= 0.3 is 0 Å². The normalized spacial score (nSPS) is 14.8. The summed E-state index contributed by atoms with van der Waals surface area (Å²) < 4.78 is 1.06. The Morgan fingerprint density at radius 1 is 0.533 bits per heavy atom. The molecule has 0 bridgehead atoms. The van der Waals surface area contributed by atoms with Gasteiger partial charge in [-0.25, -0.2) is 0 Å². The largest absolute Gasteiger partial charge is 1.00 e. The first-order valence-corrected chi connectivity index (χ1v) is 5.62. The molecule has 94 valence electrons. The molecule has 0 amide bonds. The van der Waals surface area contributed by atoms with Crippen LogP contribution in [-0.4, -0.2) is 28.1 Å². The molecule has 0 aromatic rings. The molecule has 0 aliphatic carbocycles. The lowest BCUT2D eigenvalue weighted by atomic mass is 9.83. The molecule has 0 radical (unpaired) electrons. The van der Waals surface area contributed by atoms with Crippen LogP contribution in [0.1, 0.15) is 62.3 Å².